The first-order valence-corrected chi connectivity index (χ1v) is 10.9. The lowest BCUT2D eigenvalue weighted by Gasteiger charge is -2.29. The van der Waals surface area contributed by atoms with Gasteiger partial charge in [-0.25, -0.2) is 9.38 Å². The van der Waals surface area contributed by atoms with E-state index in [0.29, 0.717) is 16.7 Å². The number of piperidine rings is 1. The fourth-order valence-corrected chi connectivity index (χ4v) is 4.26. The van der Waals surface area contributed by atoms with Crippen molar-refractivity contribution in [3.05, 3.63) is 70.5 Å². The Bertz CT molecular complexity index is 1160. The first-order valence-electron chi connectivity index (χ1n) is 10.9. The first kappa shape index (κ1) is 22.5. The van der Waals surface area contributed by atoms with Gasteiger partial charge in [-0.15, -0.1) is 0 Å². The van der Waals surface area contributed by atoms with E-state index in [1.54, 1.807) is 36.5 Å². The van der Waals surface area contributed by atoms with E-state index in [-0.39, 0.29) is 48.9 Å². The van der Waals surface area contributed by atoms with Crippen molar-refractivity contribution in [2.75, 3.05) is 0 Å². The summed E-state index contributed by atoms with van der Waals surface area (Å²) in [6, 6.07) is 10.2. The summed E-state index contributed by atoms with van der Waals surface area (Å²) in [5.41, 5.74) is 2.28. The second kappa shape index (κ2) is 9.05. The molecule has 2 unspecified atom stereocenters. The molecular formula is C25H24FN3O4. The molecule has 8 heteroatoms. The highest BCUT2D eigenvalue weighted by molar-refractivity contribution is 6.06. The van der Waals surface area contributed by atoms with Crippen LogP contribution in [0.2, 0.25) is 0 Å². The molecule has 7 nitrogen and oxygen atoms in total. The molecule has 4 amide bonds. The monoisotopic (exact) mass is 449 g/mol. The van der Waals surface area contributed by atoms with E-state index < -0.39 is 17.9 Å². The third kappa shape index (κ3) is 4.60. The Morgan fingerprint density at radius 2 is 1.88 bits per heavy atom. The second-order valence-electron chi connectivity index (χ2n) is 8.68. The number of halogens is 1. The quantitative estimate of drug-likeness (QED) is 0.560. The van der Waals surface area contributed by atoms with Crippen molar-refractivity contribution >= 4 is 29.8 Å². The number of rotatable bonds is 5. The van der Waals surface area contributed by atoms with E-state index in [1.165, 1.54) is 17.0 Å². The molecule has 2 aliphatic heterocycles. The maximum atomic E-state index is 13.3. The van der Waals surface area contributed by atoms with Gasteiger partial charge in [0.2, 0.25) is 11.8 Å². The normalized spacial score (nSPS) is 19.2. The summed E-state index contributed by atoms with van der Waals surface area (Å²) in [4.78, 5) is 54.7. The van der Waals surface area contributed by atoms with Gasteiger partial charge in [-0.2, -0.15) is 0 Å². The average Bonchev–Trinajstić information content (AvgIpc) is 3.10. The van der Waals surface area contributed by atoms with Crippen LogP contribution in [0.15, 0.2) is 47.5 Å². The van der Waals surface area contributed by atoms with Crippen LogP contribution in [-0.4, -0.2) is 40.8 Å². The summed E-state index contributed by atoms with van der Waals surface area (Å²) in [7, 11) is 0. The van der Waals surface area contributed by atoms with Crippen LogP contribution in [0.1, 0.15) is 64.4 Å². The van der Waals surface area contributed by atoms with Crippen LogP contribution in [0.3, 0.4) is 0 Å². The Morgan fingerprint density at radius 1 is 1.15 bits per heavy atom. The zero-order valence-corrected chi connectivity index (χ0v) is 18.4. The number of hydrogen-bond acceptors (Lipinski definition) is 4. The van der Waals surface area contributed by atoms with Gasteiger partial charge in [-0.1, -0.05) is 26.0 Å². The first-order chi connectivity index (χ1) is 15.7. The van der Waals surface area contributed by atoms with Crippen molar-refractivity contribution in [3.63, 3.8) is 0 Å². The molecule has 4 rings (SSSR count). The summed E-state index contributed by atoms with van der Waals surface area (Å²) in [6.45, 7) is 4.18. The Hall–Kier alpha value is -3.68. The third-order valence-electron chi connectivity index (χ3n) is 6.10. The Kier molecular flexibility index (Phi) is 6.18. The van der Waals surface area contributed by atoms with Gasteiger partial charge in [0.25, 0.3) is 11.8 Å². The molecule has 2 aromatic carbocycles. The fourth-order valence-electron chi connectivity index (χ4n) is 4.26. The van der Waals surface area contributed by atoms with Crippen LogP contribution >= 0.6 is 0 Å². The van der Waals surface area contributed by atoms with Crippen LogP contribution in [0.5, 0.6) is 0 Å². The Morgan fingerprint density at radius 3 is 2.55 bits per heavy atom. The van der Waals surface area contributed by atoms with Crippen molar-refractivity contribution in [2.24, 2.45) is 10.9 Å². The highest BCUT2D eigenvalue weighted by Gasteiger charge is 2.39. The standard InChI is InChI=1S/C25H24FN3O4/c1-14(2)20(15-3-6-18(26)7-4-15)12-27-23(31)16-5-8-19-17(11-16)13-29(25(19)33)21-9-10-22(30)28-24(21)32/h3-8,11-12,14,20-21H,9-10,13H2,1-2H3,(H,28,30,32)/b27-12+. The molecule has 0 radical (unpaired) electrons. The van der Waals surface area contributed by atoms with E-state index in [4.69, 9.17) is 0 Å². The molecule has 0 aromatic heterocycles. The Labute approximate surface area is 190 Å². The van der Waals surface area contributed by atoms with E-state index >= 15 is 0 Å². The molecule has 2 heterocycles. The van der Waals surface area contributed by atoms with Gasteiger partial charge >= 0.3 is 0 Å². The van der Waals surface area contributed by atoms with E-state index in [1.807, 2.05) is 13.8 Å². The van der Waals surface area contributed by atoms with Crippen molar-refractivity contribution in [1.82, 2.24) is 10.2 Å². The summed E-state index contributed by atoms with van der Waals surface area (Å²) in [5, 5.41) is 2.27. The predicted octanol–water partition coefficient (Wildman–Crippen LogP) is 3.24. The maximum Gasteiger partial charge on any atom is 0.276 e. The van der Waals surface area contributed by atoms with Crippen LogP contribution in [0, 0.1) is 11.7 Å². The van der Waals surface area contributed by atoms with Crippen molar-refractivity contribution < 1.29 is 23.6 Å². The lowest BCUT2D eigenvalue weighted by atomic mass is 9.89. The number of amides is 4. The van der Waals surface area contributed by atoms with Gasteiger partial charge < -0.3 is 4.90 Å². The lowest BCUT2D eigenvalue weighted by molar-refractivity contribution is -0.136. The third-order valence-corrected chi connectivity index (χ3v) is 6.10. The van der Waals surface area contributed by atoms with Crippen LogP contribution < -0.4 is 5.32 Å². The minimum atomic E-state index is -0.706. The summed E-state index contributed by atoms with van der Waals surface area (Å²) in [5.74, 6) is -1.90. The minimum Gasteiger partial charge on any atom is -0.322 e. The van der Waals surface area contributed by atoms with E-state index in [9.17, 15) is 23.6 Å². The number of carbonyl (C=O) groups is 4. The molecule has 170 valence electrons. The topological polar surface area (TPSA) is 95.9 Å². The van der Waals surface area contributed by atoms with Crippen LogP contribution in [-0.2, 0) is 16.1 Å². The SMILES string of the molecule is CC(C)C(/C=N/C(=O)c1ccc2c(c1)CN(C1CCC(=O)NC1=O)C2=O)c1ccc(F)cc1. The van der Waals surface area contributed by atoms with Crippen molar-refractivity contribution in [1.29, 1.82) is 0 Å². The second-order valence-corrected chi connectivity index (χ2v) is 8.68. The number of aliphatic imine (C=N–C) groups is 1. The largest absolute Gasteiger partial charge is 0.322 e. The molecule has 0 saturated carbocycles. The lowest BCUT2D eigenvalue weighted by Crippen LogP contribution is -2.52. The van der Waals surface area contributed by atoms with Gasteiger partial charge in [0.1, 0.15) is 11.9 Å². The molecule has 1 N–H and O–H groups in total. The molecule has 0 bridgehead atoms. The molecule has 1 saturated heterocycles. The molecule has 2 atom stereocenters. The number of nitrogens with one attached hydrogen (secondary N) is 1. The Balaban J connectivity index is 1.51. The van der Waals surface area contributed by atoms with Crippen LogP contribution in [0.25, 0.3) is 0 Å². The molecule has 0 aliphatic carbocycles. The number of imide groups is 1. The predicted molar refractivity (Wildman–Crippen MR) is 119 cm³/mol. The molecule has 0 spiro atoms. The molecule has 2 aliphatic rings. The molecular weight excluding hydrogens is 425 g/mol. The van der Waals surface area contributed by atoms with Gasteiger partial charge in [0.15, 0.2) is 0 Å². The molecule has 33 heavy (non-hydrogen) atoms. The number of benzene rings is 2. The summed E-state index contributed by atoms with van der Waals surface area (Å²) >= 11 is 0. The summed E-state index contributed by atoms with van der Waals surface area (Å²) < 4.78 is 13.3. The zero-order chi connectivity index (χ0) is 23.7. The highest BCUT2D eigenvalue weighted by atomic mass is 19.1. The minimum absolute atomic E-state index is 0.145. The number of hydrogen-bond donors (Lipinski definition) is 1. The smallest absolute Gasteiger partial charge is 0.276 e. The molecule has 1 fully saturated rings. The molecule has 2 aromatic rings. The van der Waals surface area contributed by atoms with Crippen molar-refractivity contribution in [2.45, 2.75) is 45.2 Å². The number of carbonyl (C=O) groups excluding carboxylic acids is 4. The summed E-state index contributed by atoms with van der Waals surface area (Å²) in [6.07, 6.45) is 2.04. The van der Waals surface area contributed by atoms with Crippen molar-refractivity contribution in [3.8, 4) is 0 Å². The number of nitrogens with zero attached hydrogens (tertiary/aromatic N) is 2. The van der Waals surface area contributed by atoms with Gasteiger partial charge in [-0.05, 0) is 53.8 Å². The highest BCUT2D eigenvalue weighted by Crippen LogP contribution is 2.29. The zero-order valence-electron chi connectivity index (χ0n) is 18.4. The average molecular weight is 449 g/mol. The maximum absolute atomic E-state index is 13.3. The van der Waals surface area contributed by atoms with Crippen LogP contribution in [0.4, 0.5) is 4.39 Å². The van der Waals surface area contributed by atoms with E-state index in [0.717, 1.165) is 5.56 Å². The fraction of sp³-hybridized carbons (Fsp3) is 0.320. The number of fused-ring (bicyclic) bond motifs is 1. The van der Waals surface area contributed by atoms with Gasteiger partial charge in [0.05, 0.1) is 0 Å². The van der Waals surface area contributed by atoms with Gasteiger partial charge in [-0.3, -0.25) is 24.5 Å². The van der Waals surface area contributed by atoms with E-state index in [2.05, 4.69) is 10.3 Å². The van der Waals surface area contributed by atoms with Gasteiger partial charge in [0, 0.05) is 36.2 Å².